The molecule has 1 aromatic carbocycles. The molecule has 0 atom stereocenters. The van der Waals surface area contributed by atoms with Crippen LogP contribution in [0.25, 0.3) is 0 Å². The van der Waals surface area contributed by atoms with Gasteiger partial charge in [-0.25, -0.2) is 4.98 Å². The molecule has 2 rings (SSSR count). The highest BCUT2D eigenvalue weighted by atomic mass is 15.1. The van der Waals surface area contributed by atoms with Crippen LogP contribution in [0.3, 0.4) is 0 Å². The first kappa shape index (κ1) is 14.3. The molecule has 1 heterocycles. The number of hydrogen-bond acceptors (Lipinski definition) is 4. The van der Waals surface area contributed by atoms with Gasteiger partial charge in [0.15, 0.2) is 0 Å². The molecule has 0 aliphatic heterocycles. The van der Waals surface area contributed by atoms with E-state index in [0.717, 1.165) is 30.9 Å². The smallest absolute Gasteiger partial charge is 0.224 e. The molecular formula is C16H22N4. The van der Waals surface area contributed by atoms with E-state index in [1.807, 2.05) is 13.1 Å². The van der Waals surface area contributed by atoms with Gasteiger partial charge in [-0.3, -0.25) is 0 Å². The van der Waals surface area contributed by atoms with Crippen molar-refractivity contribution in [2.75, 3.05) is 17.2 Å². The van der Waals surface area contributed by atoms with Crippen molar-refractivity contribution in [3.8, 4) is 0 Å². The summed E-state index contributed by atoms with van der Waals surface area (Å²) in [6.07, 6.45) is 2.91. The van der Waals surface area contributed by atoms with Gasteiger partial charge < -0.3 is 10.6 Å². The highest BCUT2D eigenvalue weighted by molar-refractivity contribution is 5.46. The standard InChI is InChI=1S/C16H22N4/c1-4-8-17-16-19-10-13(3)15(20-16)18-11-14-7-5-6-12(2)9-14/h5-7,9-10H,4,8,11H2,1-3H3,(H2,17,18,19,20). The van der Waals surface area contributed by atoms with E-state index < -0.39 is 0 Å². The number of rotatable bonds is 6. The van der Waals surface area contributed by atoms with Gasteiger partial charge in [0.1, 0.15) is 5.82 Å². The molecule has 0 unspecified atom stereocenters. The third-order valence-electron chi connectivity index (χ3n) is 3.05. The summed E-state index contributed by atoms with van der Waals surface area (Å²) in [5.74, 6) is 1.57. The van der Waals surface area contributed by atoms with Crippen LogP contribution in [-0.4, -0.2) is 16.5 Å². The Morgan fingerprint density at radius 2 is 2.00 bits per heavy atom. The average Bonchev–Trinajstić information content (AvgIpc) is 2.45. The number of aryl methyl sites for hydroxylation is 2. The lowest BCUT2D eigenvalue weighted by molar-refractivity contribution is 0.947. The molecule has 4 nitrogen and oxygen atoms in total. The molecule has 0 fully saturated rings. The molecule has 0 bridgehead atoms. The third kappa shape index (κ3) is 3.95. The molecule has 0 aliphatic rings. The Kier molecular flexibility index (Phi) is 4.93. The van der Waals surface area contributed by atoms with Crippen molar-refractivity contribution >= 4 is 11.8 Å². The van der Waals surface area contributed by atoms with Gasteiger partial charge in [0, 0.05) is 24.8 Å². The van der Waals surface area contributed by atoms with Crippen LogP contribution in [0.1, 0.15) is 30.0 Å². The van der Waals surface area contributed by atoms with Crippen LogP contribution in [0.2, 0.25) is 0 Å². The van der Waals surface area contributed by atoms with E-state index in [2.05, 4.69) is 58.7 Å². The Morgan fingerprint density at radius 1 is 1.15 bits per heavy atom. The number of nitrogens with one attached hydrogen (secondary N) is 2. The number of aromatic nitrogens is 2. The summed E-state index contributed by atoms with van der Waals surface area (Å²) in [5.41, 5.74) is 3.58. The van der Waals surface area contributed by atoms with E-state index in [1.54, 1.807) is 0 Å². The molecule has 4 heteroatoms. The summed E-state index contributed by atoms with van der Waals surface area (Å²) in [7, 11) is 0. The van der Waals surface area contributed by atoms with Crippen LogP contribution in [0.15, 0.2) is 30.5 Å². The van der Waals surface area contributed by atoms with Crippen molar-refractivity contribution in [1.29, 1.82) is 0 Å². The Morgan fingerprint density at radius 3 is 2.75 bits per heavy atom. The molecule has 0 aliphatic carbocycles. The first-order valence-corrected chi connectivity index (χ1v) is 7.06. The second-order valence-electron chi connectivity index (χ2n) is 4.99. The summed E-state index contributed by atoms with van der Waals surface area (Å²) >= 11 is 0. The van der Waals surface area contributed by atoms with Crippen LogP contribution in [0.5, 0.6) is 0 Å². The van der Waals surface area contributed by atoms with Crippen molar-refractivity contribution in [3.05, 3.63) is 47.2 Å². The molecular weight excluding hydrogens is 248 g/mol. The predicted octanol–water partition coefficient (Wildman–Crippen LogP) is 3.53. The Balaban J connectivity index is 2.04. The molecule has 0 amide bonds. The maximum Gasteiger partial charge on any atom is 0.224 e. The quantitative estimate of drug-likeness (QED) is 0.843. The summed E-state index contributed by atoms with van der Waals surface area (Å²) in [4.78, 5) is 8.80. The van der Waals surface area contributed by atoms with E-state index in [-0.39, 0.29) is 0 Å². The summed E-state index contributed by atoms with van der Waals surface area (Å²) < 4.78 is 0. The largest absolute Gasteiger partial charge is 0.366 e. The second-order valence-corrected chi connectivity index (χ2v) is 4.99. The van der Waals surface area contributed by atoms with Crippen LogP contribution < -0.4 is 10.6 Å². The fourth-order valence-electron chi connectivity index (χ4n) is 1.95. The lowest BCUT2D eigenvalue weighted by Crippen LogP contribution is -2.09. The van der Waals surface area contributed by atoms with Crippen molar-refractivity contribution in [2.45, 2.75) is 33.7 Å². The van der Waals surface area contributed by atoms with Crippen molar-refractivity contribution < 1.29 is 0 Å². The van der Waals surface area contributed by atoms with E-state index in [9.17, 15) is 0 Å². The van der Waals surface area contributed by atoms with E-state index >= 15 is 0 Å². The Hall–Kier alpha value is -2.10. The van der Waals surface area contributed by atoms with Crippen LogP contribution in [0, 0.1) is 13.8 Å². The fraction of sp³-hybridized carbons (Fsp3) is 0.375. The minimum atomic E-state index is 0.684. The van der Waals surface area contributed by atoms with Gasteiger partial charge in [-0.05, 0) is 25.8 Å². The van der Waals surface area contributed by atoms with E-state index in [0.29, 0.717) is 5.95 Å². The lowest BCUT2D eigenvalue weighted by Gasteiger charge is -2.11. The molecule has 1 aromatic heterocycles. The second kappa shape index (κ2) is 6.89. The Bertz CT molecular complexity index is 566. The highest BCUT2D eigenvalue weighted by Gasteiger charge is 2.03. The molecule has 20 heavy (non-hydrogen) atoms. The van der Waals surface area contributed by atoms with Gasteiger partial charge in [0.25, 0.3) is 0 Å². The van der Waals surface area contributed by atoms with Gasteiger partial charge in [-0.1, -0.05) is 36.8 Å². The zero-order valence-corrected chi connectivity index (χ0v) is 12.4. The fourth-order valence-corrected chi connectivity index (χ4v) is 1.95. The van der Waals surface area contributed by atoms with Crippen LogP contribution in [-0.2, 0) is 6.54 Å². The normalized spacial score (nSPS) is 10.3. The summed E-state index contributed by atoms with van der Waals surface area (Å²) in [5, 5.41) is 6.59. The number of nitrogens with zero attached hydrogens (tertiary/aromatic N) is 2. The van der Waals surface area contributed by atoms with Gasteiger partial charge in [-0.2, -0.15) is 4.98 Å². The predicted molar refractivity (Wildman–Crippen MR) is 84.1 cm³/mol. The molecule has 0 radical (unpaired) electrons. The molecule has 0 spiro atoms. The van der Waals surface area contributed by atoms with Gasteiger partial charge in [0.2, 0.25) is 5.95 Å². The lowest BCUT2D eigenvalue weighted by atomic mass is 10.1. The highest BCUT2D eigenvalue weighted by Crippen LogP contribution is 2.14. The summed E-state index contributed by atoms with van der Waals surface area (Å²) in [6.45, 7) is 7.90. The third-order valence-corrected chi connectivity index (χ3v) is 3.05. The summed E-state index contributed by atoms with van der Waals surface area (Å²) in [6, 6.07) is 8.48. The molecule has 2 aromatic rings. The van der Waals surface area contributed by atoms with E-state index in [4.69, 9.17) is 0 Å². The zero-order valence-electron chi connectivity index (χ0n) is 12.4. The number of hydrogen-bond donors (Lipinski definition) is 2. The van der Waals surface area contributed by atoms with Crippen molar-refractivity contribution in [1.82, 2.24) is 9.97 Å². The maximum atomic E-state index is 4.51. The van der Waals surface area contributed by atoms with Gasteiger partial charge in [0.05, 0.1) is 0 Å². The molecule has 0 saturated heterocycles. The molecule has 2 N–H and O–H groups in total. The van der Waals surface area contributed by atoms with Crippen LogP contribution >= 0.6 is 0 Å². The van der Waals surface area contributed by atoms with Gasteiger partial charge >= 0.3 is 0 Å². The minimum Gasteiger partial charge on any atom is -0.366 e. The average molecular weight is 270 g/mol. The first-order valence-electron chi connectivity index (χ1n) is 7.06. The molecule has 106 valence electrons. The van der Waals surface area contributed by atoms with Crippen molar-refractivity contribution in [3.63, 3.8) is 0 Å². The monoisotopic (exact) mass is 270 g/mol. The van der Waals surface area contributed by atoms with Crippen molar-refractivity contribution in [2.24, 2.45) is 0 Å². The van der Waals surface area contributed by atoms with E-state index in [1.165, 1.54) is 11.1 Å². The maximum absolute atomic E-state index is 4.51. The zero-order chi connectivity index (χ0) is 14.4. The topological polar surface area (TPSA) is 49.8 Å². The molecule has 0 saturated carbocycles. The number of anilines is 2. The number of benzene rings is 1. The SMILES string of the molecule is CCCNc1ncc(C)c(NCc2cccc(C)c2)n1. The van der Waals surface area contributed by atoms with Crippen LogP contribution in [0.4, 0.5) is 11.8 Å². The van der Waals surface area contributed by atoms with Gasteiger partial charge in [-0.15, -0.1) is 0 Å². The minimum absolute atomic E-state index is 0.684. The Labute approximate surface area is 120 Å². The first-order chi connectivity index (χ1) is 9.69.